The van der Waals surface area contributed by atoms with E-state index in [0.29, 0.717) is 0 Å². The van der Waals surface area contributed by atoms with Crippen molar-refractivity contribution in [3.8, 4) is 0 Å². The first-order chi connectivity index (χ1) is 7.22. The van der Waals surface area contributed by atoms with Crippen LogP contribution in [0.15, 0.2) is 12.8 Å². The first-order valence-corrected chi connectivity index (χ1v) is 6.03. The second kappa shape index (κ2) is 9.75. The molecule has 0 fully saturated rings. The number of esters is 1. The zero-order valence-corrected chi connectivity index (χ0v) is 10.1. The lowest BCUT2D eigenvalue weighted by Crippen LogP contribution is -2.11. The number of ether oxygens (including phenoxy) is 1. The number of rotatable bonds is 9. The van der Waals surface area contributed by atoms with Crippen molar-refractivity contribution in [3.63, 3.8) is 0 Å². The van der Waals surface area contributed by atoms with E-state index in [4.69, 9.17) is 4.74 Å². The summed E-state index contributed by atoms with van der Waals surface area (Å²) in [7, 11) is 0. The van der Waals surface area contributed by atoms with Crippen molar-refractivity contribution in [1.82, 2.24) is 0 Å². The third-order valence-electron chi connectivity index (χ3n) is 2.59. The summed E-state index contributed by atoms with van der Waals surface area (Å²) in [5.41, 5.74) is 0. The van der Waals surface area contributed by atoms with Crippen molar-refractivity contribution in [2.45, 2.75) is 58.8 Å². The summed E-state index contributed by atoms with van der Waals surface area (Å²) in [4.78, 5) is 11.2. The maximum atomic E-state index is 11.2. The van der Waals surface area contributed by atoms with E-state index in [9.17, 15) is 4.79 Å². The average Bonchev–Trinajstić information content (AvgIpc) is 2.23. The Morgan fingerprint density at radius 1 is 1.27 bits per heavy atom. The highest BCUT2D eigenvalue weighted by Crippen LogP contribution is 2.13. The molecule has 0 heterocycles. The van der Waals surface area contributed by atoms with Gasteiger partial charge in [-0.05, 0) is 6.42 Å². The van der Waals surface area contributed by atoms with Gasteiger partial charge in [-0.25, -0.2) is 0 Å². The molecule has 2 nitrogen and oxygen atoms in total. The van der Waals surface area contributed by atoms with E-state index < -0.39 is 0 Å². The zero-order chi connectivity index (χ0) is 11.5. The van der Waals surface area contributed by atoms with Crippen LogP contribution in [0.1, 0.15) is 58.8 Å². The summed E-state index contributed by atoms with van der Waals surface area (Å²) in [6, 6.07) is 0. The van der Waals surface area contributed by atoms with Gasteiger partial charge >= 0.3 is 5.97 Å². The van der Waals surface area contributed by atoms with E-state index in [1.807, 2.05) is 6.92 Å². The van der Waals surface area contributed by atoms with Crippen LogP contribution in [0.2, 0.25) is 0 Å². The van der Waals surface area contributed by atoms with Gasteiger partial charge in [0.15, 0.2) is 0 Å². The summed E-state index contributed by atoms with van der Waals surface area (Å²) < 4.78 is 4.72. The van der Waals surface area contributed by atoms with Gasteiger partial charge in [-0.3, -0.25) is 4.79 Å². The number of unbranched alkanes of at least 4 members (excludes halogenated alkanes) is 5. The predicted molar refractivity (Wildman–Crippen MR) is 63.4 cm³/mol. The number of hydrogen-bond donors (Lipinski definition) is 0. The minimum absolute atomic E-state index is 0.00850. The van der Waals surface area contributed by atoms with Gasteiger partial charge in [0.2, 0.25) is 0 Å². The Morgan fingerprint density at radius 2 is 1.87 bits per heavy atom. The van der Waals surface area contributed by atoms with Gasteiger partial charge in [0, 0.05) is 0 Å². The number of carbonyl (C=O) groups excluding carboxylic acids is 1. The molecular formula is C13H24O2. The quantitative estimate of drug-likeness (QED) is 0.327. The Hall–Kier alpha value is -0.790. The standard InChI is InChI=1S/C13H24O2/c1-4-6-7-8-9-10-11-12(3)13(14)15-5-2/h5,12H,2,4,6-11H2,1,3H3. The van der Waals surface area contributed by atoms with Crippen LogP contribution in [-0.4, -0.2) is 5.97 Å². The van der Waals surface area contributed by atoms with Crippen LogP contribution in [-0.2, 0) is 9.53 Å². The van der Waals surface area contributed by atoms with E-state index in [0.717, 1.165) is 12.8 Å². The third-order valence-corrected chi connectivity index (χ3v) is 2.59. The largest absolute Gasteiger partial charge is 0.435 e. The molecule has 0 saturated heterocycles. The SMILES string of the molecule is C=COC(=O)C(C)CCCCCCCC. The fraction of sp³-hybridized carbons (Fsp3) is 0.769. The van der Waals surface area contributed by atoms with Gasteiger partial charge in [0.1, 0.15) is 0 Å². The molecule has 1 atom stereocenters. The van der Waals surface area contributed by atoms with Crippen molar-refractivity contribution >= 4 is 5.97 Å². The summed E-state index contributed by atoms with van der Waals surface area (Å²) in [5.74, 6) is -0.146. The van der Waals surface area contributed by atoms with Crippen molar-refractivity contribution in [1.29, 1.82) is 0 Å². The summed E-state index contributed by atoms with van der Waals surface area (Å²) >= 11 is 0. The lowest BCUT2D eigenvalue weighted by atomic mass is 10.0. The van der Waals surface area contributed by atoms with Gasteiger partial charge in [-0.15, -0.1) is 0 Å². The maximum absolute atomic E-state index is 11.2. The Balaban J connectivity index is 3.34. The molecule has 0 spiro atoms. The van der Waals surface area contributed by atoms with E-state index in [1.165, 1.54) is 38.4 Å². The van der Waals surface area contributed by atoms with Crippen molar-refractivity contribution in [2.75, 3.05) is 0 Å². The van der Waals surface area contributed by atoms with E-state index in [2.05, 4.69) is 13.5 Å². The fourth-order valence-electron chi connectivity index (χ4n) is 1.55. The molecule has 0 aliphatic heterocycles. The average molecular weight is 212 g/mol. The molecule has 0 aromatic rings. The molecule has 15 heavy (non-hydrogen) atoms. The van der Waals surface area contributed by atoms with E-state index in [-0.39, 0.29) is 11.9 Å². The normalized spacial score (nSPS) is 12.1. The molecule has 0 amide bonds. The third kappa shape index (κ3) is 8.22. The van der Waals surface area contributed by atoms with Crippen LogP contribution in [0, 0.1) is 5.92 Å². The summed E-state index contributed by atoms with van der Waals surface area (Å²) in [5, 5.41) is 0. The Kier molecular flexibility index (Phi) is 9.24. The van der Waals surface area contributed by atoms with E-state index >= 15 is 0 Å². The molecule has 0 rings (SSSR count). The molecule has 0 N–H and O–H groups in total. The minimum Gasteiger partial charge on any atom is -0.435 e. The van der Waals surface area contributed by atoms with Crippen LogP contribution in [0.4, 0.5) is 0 Å². The fourth-order valence-corrected chi connectivity index (χ4v) is 1.55. The van der Waals surface area contributed by atoms with Crippen LogP contribution in [0.25, 0.3) is 0 Å². The molecule has 2 heteroatoms. The molecule has 0 radical (unpaired) electrons. The van der Waals surface area contributed by atoms with Crippen molar-refractivity contribution < 1.29 is 9.53 Å². The van der Waals surface area contributed by atoms with Gasteiger partial charge < -0.3 is 4.74 Å². The highest BCUT2D eigenvalue weighted by Gasteiger charge is 2.12. The van der Waals surface area contributed by atoms with Crippen molar-refractivity contribution in [3.05, 3.63) is 12.8 Å². The molecule has 1 unspecified atom stereocenters. The maximum Gasteiger partial charge on any atom is 0.313 e. The predicted octanol–water partition coefficient (Wildman–Crippen LogP) is 4.06. The van der Waals surface area contributed by atoms with Crippen LogP contribution < -0.4 is 0 Å². The highest BCUT2D eigenvalue weighted by molar-refractivity contribution is 5.72. The molecule has 0 bridgehead atoms. The van der Waals surface area contributed by atoms with Gasteiger partial charge in [0.05, 0.1) is 12.2 Å². The lowest BCUT2D eigenvalue weighted by Gasteiger charge is -2.08. The smallest absolute Gasteiger partial charge is 0.313 e. The number of hydrogen-bond acceptors (Lipinski definition) is 2. The lowest BCUT2D eigenvalue weighted by molar-refractivity contribution is -0.142. The molecule has 0 aliphatic rings. The van der Waals surface area contributed by atoms with Crippen molar-refractivity contribution in [2.24, 2.45) is 5.92 Å². The molecule has 88 valence electrons. The molecule has 0 aliphatic carbocycles. The first-order valence-electron chi connectivity index (χ1n) is 6.03. The molecule has 0 saturated carbocycles. The van der Waals surface area contributed by atoms with Gasteiger partial charge in [0.25, 0.3) is 0 Å². The van der Waals surface area contributed by atoms with Gasteiger partial charge in [-0.2, -0.15) is 0 Å². The number of carbonyl (C=O) groups is 1. The first kappa shape index (κ1) is 14.2. The molecular weight excluding hydrogens is 188 g/mol. The van der Waals surface area contributed by atoms with Crippen LogP contribution >= 0.6 is 0 Å². The Labute approximate surface area is 93.7 Å². The van der Waals surface area contributed by atoms with Crippen LogP contribution in [0.3, 0.4) is 0 Å². The Morgan fingerprint density at radius 3 is 2.47 bits per heavy atom. The molecule has 0 aromatic heterocycles. The summed E-state index contributed by atoms with van der Waals surface area (Å²) in [6.45, 7) is 7.50. The highest BCUT2D eigenvalue weighted by atomic mass is 16.5. The Bertz CT molecular complexity index is 175. The monoisotopic (exact) mass is 212 g/mol. The van der Waals surface area contributed by atoms with E-state index in [1.54, 1.807) is 0 Å². The minimum atomic E-state index is -0.154. The second-order valence-electron chi connectivity index (χ2n) is 4.06. The zero-order valence-electron chi connectivity index (χ0n) is 10.1. The molecule has 0 aromatic carbocycles. The topological polar surface area (TPSA) is 26.3 Å². The van der Waals surface area contributed by atoms with Crippen LogP contribution in [0.5, 0.6) is 0 Å². The summed E-state index contributed by atoms with van der Waals surface area (Å²) in [6.07, 6.45) is 9.71. The second-order valence-corrected chi connectivity index (χ2v) is 4.06. The van der Waals surface area contributed by atoms with Gasteiger partial charge in [-0.1, -0.05) is 59.0 Å².